The Labute approximate surface area is 112 Å². The lowest BCUT2D eigenvalue weighted by atomic mass is 10.2. The maximum Gasteiger partial charge on any atom is 0.292 e. The number of piperazine rings is 1. The lowest BCUT2D eigenvalue weighted by Gasteiger charge is -2.35. The first-order valence-corrected chi connectivity index (χ1v) is 6.54. The highest BCUT2D eigenvalue weighted by Crippen LogP contribution is 2.28. The standard InChI is InChI=1S/C13H19N3O3/c17-11-3-6-14-7-9-15(10-8-14)12-4-1-2-5-13(12)16(18)19/h1-2,4-5,17H,3,6-11H2. The molecule has 0 spiro atoms. The zero-order valence-electron chi connectivity index (χ0n) is 10.9. The Bertz CT molecular complexity index is 431. The van der Waals surface area contributed by atoms with Gasteiger partial charge in [-0.05, 0) is 12.5 Å². The molecular weight excluding hydrogens is 246 g/mol. The number of para-hydroxylation sites is 2. The molecule has 0 aliphatic carbocycles. The first kappa shape index (κ1) is 13.8. The number of anilines is 1. The molecule has 1 fully saturated rings. The van der Waals surface area contributed by atoms with Crippen molar-refractivity contribution in [3.8, 4) is 0 Å². The summed E-state index contributed by atoms with van der Waals surface area (Å²) < 4.78 is 0. The number of nitro groups is 1. The fourth-order valence-corrected chi connectivity index (χ4v) is 2.39. The number of hydrogen-bond acceptors (Lipinski definition) is 5. The van der Waals surface area contributed by atoms with Gasteiger partial charge in [-0.25, -0.2) is 0 Å². The molecule has 6 heteroatoms. The van der Waals surface area contributed by atoms with Crippen LogP contribution in [0.4, 0.5) is 11.4 Å². The number of aliphatic hydroxyl groups excluding tert-OH is 1. The van der Waals surface area contributed by atoms with Crippen molar-refractivity contribution >= 4 is 11.4 Å². The van der Waals surface area contributed by atoms with Gasteiger partial charge < -0.3 is 10.0 Å². The van der Waals surface area contributed by atoms with E-state index in [1.54, 1.807) is 12.1 Å². The largest absolute Gasteiger partial charge is 0.396 e. The Hall–Kier alpha value is -1.66. The molecule has 0 aromatic heterocycles. The van der Waals surface area contributed by atoms with Gasteiger partial charge in [-0.3, -0.25) is 15.0 Å². The summed E-state index contributed by atoms with van der Waals surface area (Å²) in [5, 5.41) is 19.8. The molecule has 0 unspecified atom stereocenters. The van der Waals surface area contributed by atoms with Gasteiger partial charge in [-0.15, -0.1) is 0 Å². The third kappa shape index (κ3) is 3.42. The second-order valence-corrected chi connectivity index (χ2v) is 4.65. The summed E-state index contributed by atoms with van der Waals surface area (Å²) in [7, 11) is 0. The number of nitro benzene ring substituents is 1. The minimum atomic E-state index is -0.326. The van der Waals surface area contributed by atoms with Gasteiger partial charge in [0.05, 0.1) is 4.92 Å². The number of aliphatic hydroxyl groups is 1. The van der Waals surface area contributed by atoms with Crippen LogP contribution in [0.25, 0.3) is 0 Å². The zero-order chi connectivity index (χ0) is 13.7. The van der Waals surface area contributed by atoms with Gasteiger partial charge in [0, 0.05) is 45.4 Å². The third-order valence-electron chi connectivity index (χ3n) is 3.42. The molecule has 6 nitrogen and oxygen atoms in total. The highest BCUT2D eigenvalue weighted by atomic mass is 16.6. The molecule has 1 aliphatic rings. The number of nitrogens with zero attached hydrogens (tertiary/aromatic N) is 3. The first-order valence-electron chi connectivity index (χ1n) is 6.54. The summed E-state index contributed by atoms with van der Waals surface area (Å²) >= 11 is 0. The number of hydrogen-bond donors (Lipinski definition) is 1. The normalized spacial score (nSPS) is 16.6. The van der Waals surface area contributed by atoms with E-state index in [1.165, 1.54) is 0 Å². The summed E-state index contributed by atoms with van der Waals surface area (Å²) in [4.78, 5) is 15.0. The summed E-state index contributed by atoms with van der Waals surface area (Å²) in [5.41, 5.74) is 0.876. The van der Waals surface area contributed by atoms with E-state index >= 15 is 0 Å². The fourth-order valence-electron chi connectivity index (χ4n) is 2.39. The Balaban J connectivity index is 2.00. The van der Waals surface area contributed by atoms with Crippen LogP contribution in [-0.4, -0.2) is 54.3 Å². The van der Waals surface area contributed by atoms with Crippen LogP contribution in [0.3, 0.4) is 0 Å². The van der Waals surface area contributed by atoms with Crippen LogP contribution in [0.2, 0.25) is 0 Å². The van der Waals surface area contributed by atoms with Gasteiger partial charge in [0.2, 0.25) is 0 Å². The molecule has 0 saturated carbocycles. The van der Waals surface area contributed by atoms with Crippen molar-refractivity contribution in [2.75, 3.05) is 44.2 Å². The average Bonchev–Trinajstić information content (AvgIpc) is 2.45. The Kier molecular flexibility index (Phi) is 4.70. The minimum Gasteiger partial charge on any atom is -0.396 e. The van der Waals surface area contributed by atoms with E-state index in [0.717, 1.165) is 39.1 Å². The minimum absolute atomic E-state index is 0.173. The molecule has 19 heavy (non-hydrogen) atoms. The maximum atomic E-state index is 11.0. The van der Waals surface area contributed by atoms with E-state index in [-0.39, 0.29) is 17.2 Å². The maximum absolute atomic E-state index is 11.0. The molecule has 1 aromatic rings. The molecular formula is C13H19N3O3. The van der Waals surface area contributed by atoms with Crippen molar-refractivity contribution in [2.45, 2.75) is 6.42 Å². The van der Waals surface area contributed by atoms with Crippen molar-refractivity contribution in [3.05, 3.63) is 34.4 Å². The quantitative estimate of drug-likeness (QED) is 0.637. The summed E-state index contributed by atoms with van der Waals surface area (Å²) in [5.74, 6) is 0. The van der Waals surface area contributed by atoms with Crippen molar-refractivity contribution in [3.63, 3.8) is 0 Å². The van der Waals surface area contributed by atoms with Gasteiger partial charge in [0.15, 0.2) is 0 Å². The molecule has 1 N–H and O–H groups in total. The zero-order valence-corrected chi connectivity index (χ0v) is 10.9. The molecule has 1 aliphatic heterocycles. The van der Waals surface area contributed by atoms with Crippen LogP contribution in [-0.2, 0) is 0 Å². The first-order chi connectivity index (χ1) is 9.22. The summed E-state index contributed by atoms with van der Waals surface area (Å²) in [6.07, 6.45) is 0.783. The SMILES string of the molecule is O=[N+]([O-])c1ccccc1N1CCN(CCCO)CC1. The van der Waals surface area contributed by atoms with Gasteiger partial charge in [0.1, 0.15) is 5.69 Å². The van der Waals surface area contributed by atoms with Gasteiger partial charge >= 0.3 is 0 Å². The Morgan fingerprint density at radius 3 is 2.53 bits per heavy atom. The van der Waals surface area contributed by atoms with E-state index < -0.39 is 0 Å². The molecule has 2 rings (SSSR count). The molecule has 1 heterocycles. The molecule has 1 saturated heterocycles. The van der Waals surface area contributed by atoms with E-state index in [0.29, 0.717) is 5.69 Å². The Morgan fingerprint density at radius 1 is 1.21 bits per heavy atom. The molecule has 1 aromatic carbocycles. The van der Waals surface area contributed by atoms with E-state index in [1.807, 2.05) is 12.1 Å². The summed E-state index contributed by atoms with van der Waals surface area (Å²) in [6.45, 7) is 4.44. The predicted molar refractivity (Wildman–Crippen MR) is 73.5 cm³/mol. The van der Waals surface area contributed by atoms with Gasteiger partial charge in [-0.1, -0.05) is 12.1 Å². The average molecular weight is 265 g/mol. The second-order valence-electron chi connectivity index (χ2n) is 4.65. The van der Waals surface area contributed by atoms with Crippen LogP contribution < -0.4 is 4.90 Å². The Morgan fingerprint density at radius 2 is 1.89 bits per heavy atom. The van der Waals surface area contributed by atoms with Crippen molar-refractivity contribution < 1.29 is 10.0 Å². The summed E-state index contributed by atoms with van der Waals surface area (Å²) in [6, 6.07) is 6.88. The second kappa shape index (κ2) is 6.49. The van der Waals surface area contributed by atoms with Crippen LogP contribution in [0.15, 0.2) is 24.3 Å². The van der Waals surface area contributed by atoms with E-state index in [9.17, 15) is 10.1 Å². The fraction of sp³-hybridized carbons (Fsp3) is 0.538. The predicted octanol–water partition coefficient (Wildman–Crippen LogP) is 1.10. The number of rotatable bonds is 5. The lowest BCUT2D eigenvalue weighted by molar-refractivity contribution is -0.384. The molecule has 0 amide bonds. The van der Waals surface area contributed by atoms with Crippen molar-refractivity contribution in [2.24, 2.45) is 0 Å². The van der Waals surface area contributed by atoms with E-state index in [4.69, 9.17) is 5.11 Å². The van der Waals surface area contributed by atoms with Gasteiger partial charge in [0.25, 0.3) is 5.69 Å². The van der Waals surface area contributed by atoms with E-state index in [2.05, 4.69) is 9.80 Å². The molecule has 104 valence electrons. The lowest BCUT2D eigenvalue weighted by Crippen LogP contribution is -2.46. The van der Waals surface area contributed by atoms with Crippen LogP contribution >= 0.6 is 0 Å². The van der Waals surface area contributed by atoms with Crippen LogP contribution in [0.5, 0.6) is 0 Å². The highest BCUT2D eigenvalue weighted by Gasteiger charge is 2.22. The smallest absolute Gasteiger partial charge is 0.292 e. The van der Waals surface area contributed by atoms with Crippen LogP contribution in [0, 0.1) is 10.1 Å². The monoisotopic (exact) mass is 265 g/mol. The van der Waals surface area contributed by atoms with Crippen molar-refractivity contribution in [1.29, 1.82) is 0 Å². The molecule has 0 atom stereocenters. The molecule has 0 bridgehead atoms. The highest BCUT2D eigenvalue weighted by molar-refractivity contribution is 5.63. The molecule has 0 radical (unpaired) electrons. The van der Waals surface area contributed by atoms with Crippen molar-refractivity contribution in [1.82, 2.24) is 4.90 Å². The van der Waals surface area contributed by atoms with Gasteiger partial charge in [-0.2, -0.15) is 0 Å². The van der Waals surface area contributed by atoms with Crippen LogP contribution in [0.1, 0.15) is 6.42 Å². The topological polar surface area (TPSA) is 69.9 Å². The third-order valence-corrected chi connectivity index (χ3v) is 3.42. The number of benzene rings is 1.